The van der Waals surface area contributed by atoms with Crippen molar-refractivity contribution < 1.29 is 9.47 Å². The monoisotopic (exact) mass is 331 g/mol. The van der Waals surface area contributed by atoms with Gasteiger partial charge in [-0.1, -0.05) is 0 Å². The minimum absolute atomic E-state index is 0.0355. The van der Waals surface area contributed by atoms with Crippen molar-refractivity contribution in [3.63, 3.8) is 0 Å². The van der Waals surface area contributed by atoms with E-state index in [1.54, 1.807) is 17.0 Å². The molecule has 1 aliphatic rings. The molecule has 2 heterocycles. The van der Waals surface area contributed by atoms with E-state index in [-0.39, 0.29) is 12.1 Å². The van der Waals surface area contributed by atoms with Crippen molar-refractivity contribution in [2.24, 2.45) is 0 Å². The zero-order chi connectivity index (χ0) is 17.1. The van der Waals surface area contributed by atoms with E-state index in [9.17, 15) is 0 Å². The summed E-state index contributed by atoms with van der Waals surface area (Å²) in [4.78, 5) is 14.7. The number of hydrogen-bond donors (Lipinski definition) is 1. The number of ether oxygens (including phenoxy) is 2. The van der Waals surface area contributed by atoms with E-state index in [0.717, 1.165) is 12.8 Å². The molecule has 1 N–H and O–H groups in total. The molecule has 9 heteroatoms. The van der Waals surface area contributed by atoms with Gasteiger partial charge in [-0.15, -0.1) is 10.2 Å². The van der Waals surface area contributed by atoms with Crippen molar-refractivity contribution in [3.05, 3.63) is 12.1 Å². The van der Waals surface area contributed by atoms with Crippen LogP contribution in [-0.4, -0.2) is 51.4 Å². The molecule has 0 aliphatic heterocycles. The highest BCUT2D eigenvalue weighted by Gasteiger charge is 2.23. The van der Waals surface area contributed by atoms with E-state index in [1.165, 1.54) is 0 Å². The molecule has 0 amide bonds. The maximum Gasteiger partial charge on any atom is 0.330 e. The first kappa shape index (κ1) is 16.2. The first-order valence-electron chi connectivity index (χ1n) is 7.88. The molecular formula is C15H21N7O2. The highest BCUT2D eigenvalue weighted by atomic mass is 16.5. The number of rotatable bonds is 7. The SMILES string of the molecule is CC(C)Oc1ccc(Oc2nc(NC3CC3)nc(N(C)C)n2)nn1. The smallest absolute Gasteiger partial charge is 0.330 e. The number of anilines is 2. The van der Waals surface area contributed by atoms with E-state index >= 15 is 0 Å². The Hall–Kier alpha value is -2.71. The van der Waals surface area contributed by atoms with E-state index in [1.807, 2.05) is 27.9 Å². The standard InChI is InChI=1S/C15H21N7O2/c1-9(2)23-11-7-8-12(21-20-11)24-15-18-13(16-10-5-6-10)17-14(19-15)22(3)4/h7-10H,5-6H2,1-4H3,(H,16,17,18,19). The van der Waals surface area contributed by atoms with Gasteiger partial charge in [-0.3, -0.25) is 0 Å². The van der Waals surface area contributed by atoms with Gasteiger partial charge < -0.3 is 19.7 Å². The predicted octanol–water partition coefficient (Wildman–Crippen LogP) is 1.88. The van der Waals surface area contributed by atoms with Gasteiger partial charge in [-0.05, 0) is 26.7 Å². The fraction of sp³-hybridized carbons (Fsp3) is 0.533. The lowest BCUT2D eigenvalue weighted by Crippen LogP contribution is -2.16. The minimum atomic E-state index is 0.0355. The highest BCUT2D eigenvalue weighted by Crippen LogP contribution is 2.25. The third-order valence-electron chi connectivity index (χ3n) is 3.08. The Morgan fingerprint density at radius 3 is 2.38 bits per heavy atom. The minimum Gasteiger partial charge on any atom is -0.474 e. The lowest BCUT2D eigenvalue weighted by atomic mass is 10.5. The summed E-state index contributed by atoms with van der Waals surface area (Å²) in [5.41, 5.74) is 0. The van der Waals surface area contributed by atoms with Crippen LogP contribution in [0.1, 0.15) is 26.7 Å². The van der Waals surface area contributed by atoms with Gasteiger partial charge in [0, 0.05) is 32.3 Å². The largest absolute Gasteiger partial charge is 0.474 e. The van der Waals surface area contributed by atoms with E-state index in [0.29, 0.717) is 29.7 Å². The summed E-state index contributed by atoms with van der Waals surface area (Å²) in [5, 5.41) is 11.2. The Bertz CT molecular complexity index is 687. The van der Waals surface area contributed by atoms with Gasteiger partial charge in [-0.2, -0.15) is 15.0 Å². The number of nitrogens with one attached hydrogen (secondary N) is 1. The summed E-state index contributed by atoms with van der Waals surface area (Å²) < 4.78 is 11.1. The molecule has 2 aromatic rings. The van der Waals surface area contributed by atoms with Crippen LogP contribution >= 0.6 is 0 Å². The van der Waals surface area contributed by atoms with E-state index < -0.39 is 0 Å². The van der Waals surface area contributed by atoms with Crippen LogP contribution in [-0.2, 0) is 0 Å². The molecule has 0 atom stereocenters. The van der Waals surface area contributed by atoms with Gasteiger partial charge >= 0.3 is 6.01 Å². The molecule has 3 rings (SSSR count). The molecule has 1 saturated carbocycles. The topological polar surface area (TPSA) is 98.2 Å². The predicted molar refractivity (Wildman–Crippen MR) is 88.7 cm³/mol. The molecule has 0 bridgehead atoms. The quantitative estimate of drug-likeness (QED) is 0.815. The maximum absolute atomic E-state index is 5.61. The van der Waals surface area contributed by atoms with Gasteiger partial charge in [-0.25, -0.2) is 0 Å². The van der Waals surface area contributed by atoms with Crippen LogP contribution in [0.2, 0.25) is 0 Å². The fourth-order valence-electron chi connectivity index (χ4n) is 1.83. The van der Waals surface area contributed by atoms with Crippen LogP contribution in [0.25, 0.3) is 0 Å². The highest BCUT2D eigenvalue weighted by molar-refractivity contribution is 5.39. The van der Waals surface area contributed by atoms with Gasteiger partial charge in [0.15, 0.2) is 0 Å². The van der Waals surface area contributed by atoms with Crippen molar-refractivity contribution in [3.8, 4) is 17.8 Å². The third kappa shape index (κ3) is 4.40. The first-order valence-corrected chi connectivity index (χ1v) is 7.88. The normalized spacial score (nSPS) is 13.7. The molecule has 0 aromatic carbocycles. The molecule has 0 saturated heterocycles. The average Bonchev–Trinajstić information content (AvgIpc) is 3.32. The van der Waals surface area contributed by atoms with Crippen molar-refractivity contribution in [1.82, 2.24) is 25.1 Å². The zero-order valence-electron chi connectivity index (χ0n) is 14.2. The van der Waals surface area contributed by atoms with Gasteiger partial charge in [0.25, 0.3) is 0 Å². The lowest BCUT2D eigenvalue weighted by molar-refractivity contribution is 0.228. The number of hydrogen-bond acceptors (Lipinski definition) is 9. The Labute approximate surface area is 140 Å². The van der Waals surface area contributed by atoms with Crippen LogP contribution in [0.5, 0.6) is 17.8 Å². The summed E-state index contributed by atoms with van der Waals surface area (Å²) >= 11 is 0. The molecule has 2 aromatic heterocycles. The van der Waals surface area contributed by atoms with Crippen molar-refractivity contribution in [2.75, 3.05) is 24.3 Å². The van der Waals surface area contributed by atoms with Crippen LogP contribution in [0, 0.1) is 0 Å². The number of nitrogens with zero attached hydrogens (tertiary/aromatic N) is 6. The lowest BCUT2D eigenvalue weighted by Gasteiger charge is -2.13. The average molecular weight is 331 g/mol. The second kappa shape index (κ2) is 6.81. The molecule has 9 nitrogen and oxygen atoms in total. The molecule has 0 spiro atoms. The molecule has 128 valence electrons. The summed E-state index contributed by atoms with van der Waals surface area (Å²) in [6, 6.07) is 3.96. The van der Waals surface area contributed by atoms with Crippen molar-refractivity contribution in [2.45, 2.75) is 38.8 Å². The Morgan fingerprint density at radius 1 is 1.08 bits per heavy atom. The van der Waals surface area contributed by atoms with Gasteiger partial charge in [0.05, 0.1) is 6.10 Å². The first-order chi connectivity index (χ1) is 11.5. The summed E-state index contributed by atoms with van der Waals surface area (Å²) in [6.07, 6.45) is 2.29. The van der Waals surface area contributed by atoms with Crippen LogP contribution in [0.4, 0.5) is 11.9 Å². The summed E-state index contributed by atoms with van der Waals surface area (Å²) in [7, 11) is 3.72. The molecule has 0 unspecified atom stereocenters. The number of aromatic nitrogens is 5. The molecule has 0 radical (unpaired) electrons. The summed E-state index contributed by atoms with van der Waals surface area (Å²) in [5.74, 6) is 1.74. The van der Waals surface area contributed by atoms with Crippen molar-refractivity contribution >= 4 is 11.9 Å². The second-order valence-corrected chi connectivity index (χ2v) is 6.03. The molecule has 24 heavy (non-hydrogen) atoms. The maximum atomic E-state index is 5.61. The second-order valence-electron chi connectivity index (χ2n) is 6.03. The van der Waals surface area contributed by atoms with Crippen molar-refractivity contribution in [1.29, 1.82) is 0 Å². The Morgan fingerprint density at radius 2 is 1.79 bits per heavy atom. The molecule has 1 aliphatic carbocycles. The zero-order valence-corrected chi connectivity index (χ0v) is 14.2. The molecular weight excluding hydrogens is 310 g/mol. The van der Waals surface area contributed by atoms with Crippen LogP contribution in [0.15, 0.2) is 12.1 Å². The summed E-state index contributed by atoms with van der Waals surface area (Å²) in [6.45, 7) is 3.85. The van der Waals surface area contributed by atoms with Crippen LogP contribution < -0.4 is 19.7 Å². The molecule has 1 fully saturated rings. The van der Waals surface area contributed by atoms with E-state index in [2.05, 4.69) is 30.5 Å². The Balaban J connectivity index is 1.76. The van der Waals surface area contributed by atoms with Gasteiger partial charge in [0.1, 0.15) is 0 Å². The Kier molecular flexibility index (Phi) is 4.59. The van der Waals surface area contributed by atoms with Crippen LogP contribution in [0.3, 0.4) is 0 Å². The van der Waals surface area contributed by atoms with E-state index in [4.69, 9.17) is 9.47 Å². The third-order valence-corrected chi connectivity index (χ3v) is 3.08. The fourth-order valence-corrected chi connectivity index (χ4v) is 1.83. The van der Waals surface area contributed by atoms with Gasteiger partial charge in [0.2, 0.25) is 23.7 Å².